The smallest absolute Gasteiger partial charge is 0.326 e. The van der Waals surface area contributed by atoms with Crippen LogP contribution in [0.4, 0.5) is 0 Å². The Morgan fingerprint density at radius 3 is 1.48 bits per heavy atom. The van der Waals surface area contributed by atoms with Crippen LogP contribution in [-0.4, -0.2) is 135 Å². The number of aliphatic carboxylic acids is 2. The third-order valence-corrected chi connectivity index (χ3v) is 12.4. The average Bonchev–Trinajstić information content (AvgIpc) is 3.35. The Kier molecular flexibility index (Phi) is 27.8. The van der Waals surface area contributed by atoms with E-state index in [0.717, 1.165) is 0 Å². The number of carboxylic acids is 2. The van der Waals surface area contributed by atoms with E-state index >= 15 is 0 Å². The van der Waals surface area contributed by atoms with Gasteiger partial charge in [0.2, 0.25) is 53.2 Å². The second-order valence-electron chi connectivity index (χ2n) is 20.4. The van der Waals surface area contributed by atoms with Crippen LogP contribution < -0.4 is 54.0 Å². The number of primary amides is 1. The van der Waals surface area contributed by atoms with Crippen LogP contribution >= 0.6 is 0 Å². The molecule has 0 radical (unpaired) electrons. The van der Waals surface area contributed by atoms with Crippen molar-refractivity contribution in [3.8, 4) is 5.75 Å². The van der Waals surface area contributed by atoms with Crippen LogP contribution in [0.15, 0.2) is 54.6 Å². The molecule has 2 aromatic rings. The summed E-state index contributed by atoms with van der Waals surface area (Å²) in [4.78, 5) is 145. The molecule has 77 heavy (non-hydrogen) atoms. The van der Waals surface area contributed by atoms with Crippen LogP contribution in [0.2, 0.25) is 0 Å². The van der Waals surface area contributed by atoms with Crippen LogP contribution in [0, 0.1) is 23.7 Å². The number of phenolic OH excluding ortho intramolecular Hbond substituents is 1. The zero-order chi connectivity index (χ0) is 58.1. The third-order valence-electron chi connectivity index (χ3n) is 12.4. The summed E-state index contributed by atoms with van der Waals surface area (Å²) in [5, 5.41) is 49.0. The van der Waals surface area contributed by atoms with Gasteiger partial charge in [0, 0.05) is 19.3 Å². The number of aromatic hydroxyl groups is 1. The van der Waals surface area contributed by atoms with Crippen molar-refractivity contribution in [2.24, 2.45) is 35.1 Å². The van der Waals surface area contributed by atoms with E-state index in [1.54, 1.807) is 84.0 Å². The number of phenols is 1. The average molecular weight is 1080 g/mol. The molecular weight excluding hydrogens is 1000 g/mol. The van der Waals surface area contributed by atoms with Gasteiger partial charge < -0.3 is 69.3 Å². The van der Waals surface area contributed by atoms with E-state index in [0.29, 0.717) is 17.5 Å². The van der Waals surface area contributed by atoms with Gasteiger partial charge in [0.05, 0.1) is 12.6 Å². The van der Waals surface area contributed by atoms with Crippen molar-refractivity contribution in [2.75, 3.05) is 6.54 Å². The van der Waals surface area contributed by atoms with E-state index in [1.807, 2.05) is 13.8 Å². The lowest BCUT2D eigenvalue weighted by atomic mass is 9.97. The van der Waals surface area contributed by atoms with Crippen LogP contribution in [0.3, 0.4) is 0 Å². The van der Waals surface area contributed by atoms with Gasteiger partial charge in [-0.25, -0.2) is 4.79 Å². The molecule has 0 aliphatic carbocycles. The highest BCUT2D eigenvalue weighted by molar-refractivity contribution is 5.98. The van der Waals surface area contributed by atoms with Gasteiger partial charge in [-0.05, 0) is 79.0 Å². The molecule has 0 saturated carbocycles. The van der Waals surface area contributed by atoms with E-state index in [4.69, 9.17) is 11.5 Å². The van der Waals surface area contributed by atoms with Gasteiger partial charge in [0.15, 0.2) is 0 Å². The normalized spacial score (nSPS) is 14.7. The van der Waals surface area contributed by atoms with Crippen molar-refractivity contribution in [3.63, 3.8) is 0 Å². The molecule has 9 amide bonds. The highest BCUT2D eigenvalue weighted by Crippen LogP contribution is 2.15. The molecule has 2 rings (SSSR count). The van der Waals surface area contributed by atoms with Gasteiger partial charge in [-0.1, -0.05) is 104 Å². The molecule has 426 valence electrons. The fraction of sp³-hybridized carbons (Fsp3) is 0.566. The minimum Gasteiger partial charge on any atom is -0.508 e. The molecule has 0 unspecified atom stereocenters. The summed E-state index contributed by atoms with van der Waals surface area (Å²) < 4.78 is 0. The summed E-state index contributed by atoms with van der Waals surface area (Å²) in [6.45, 7) is 12.9. The van der Waals surface area contributed by atoms with Crippen LogP contribution in [0.5, 0.6) is 5.75 Å². The first-order valence-corrected chi connectivity index (χ1v) is 25.8. The first-order chi connectivity index (χ1) is 36.1. The van der Waals surface area contributed by atoms with E-state index < -0.39 is 145 Å². The maximum atomic E-state index is 14.3. The lowest BCUT2D eigenvalue weighted by Crippen LogP contribution is -2.60. The topological polar surface area (TPSA) is 397 Å². The Morgan fingerprint density at radius 2 is 0.987 bits per heavy atom. The summed E-state index contributed by atoms with van der Waals surface area (Å²) >= 11 is 0. The molecule has 9 atom stereocenters. The Hall–Kier alpha value is -7.63. The largest absolute Gasteiger partial charge is 0.508 e. The molecule has 0 fully saturated rings. The first kappa shape index (κ1) is 65.5. The molecule has 0 bridgehead atoms. The fourth-order valence-electron chi connectivity index (χ4n) is 7.88. The Morgan fingerprint density at radius 1 is 0.519 bits per heavy atom. The molecule has 0 aliphatic rings. The molecule has 0 heterocycles. The highest BCUT2D eigenvalue weighted by Gasteiger charge is 2.35. The van der Waals surface area contributed by atoms with Gasteiger partial charge in [-0.15, -0.1) is 0 Å². The molecule has 0 aliphatic heterocycles. The number of hydrogen-bond donors (Lipinski definition) is 13. The molecule has 0 aromatic heterocycles. The van der Waals surface area contributed by atoms with Crippen molar-refractivity contribution in [3.05, 3.63) is 65.7 Å². The van der Waals surface area contributed by atoms with Crippen molar-refractivity contribution in [2.45, 2.75) is 162 Å². The van der Waals surface area contributed by atoms with Crippen molar-refractivity contribution in [1.82, 2.24) is 42.5 Å². The SMILES string of the molecule is CC[C@H](C)[C@H](NC(=O)CNC(=O)[C@H](Cc1ccccc1)NC(=O)[C@H](CC(C)C)NC(=O)[C@H](CCC(N)=O)NC(=O)[C@H](CC(C)C)NC(=O)[C@@H](N)Cc1ccc(O)cc1)C(=O)N[C@@H](CCC(=O)O)C(=O)N[C@H](C(=O)O)C(C)C. The lowest BCUT2D eigenvalue weighted by Gasteiger charge is -2.28. The number of nitrogens with one attached hydrogen (secondary N) is 8. The van der Waals surface area contributed by atoms with Crippen LogP contribution in [-0.2, 0) is 65.6 Å². The Bertz CT molecular complexity index is 2330. The molecule has 0 spiro atoms. The summed E-state index contributed by atoms with van der Waals surface area (Å²) in [5.74, 6) is -11.6. The number of amides is 9. The number of carbonyl (C=O) groups excluding carboxylic acids is 9. The Balaban J connectivity index is 2.35. The summed E-state index contributed by atoms with van der Waals surface area (Å²) in [6.07, 6.45) is -1.15. The Labute approximate surface area is 449 Å². The number of benzene rings is 2. The van der Waals surface area contributed by atoms with E-state index in [1.165, 1.54) is 12.1 Å². The summed E-state index contributed by atoms with van der Waals surface area (Å²) in [6, 6.07) is 4.04. The standard InChI is InChI=1S/C53H80N10O14/c1-9-31(8)45(52(75)58-37(20-22-43(67)68)49(72)63-44(30(6)7)53(76)77)62-42(66)27-56-47(70)40(26-32-13-11-10-12-14-32)61-51(74)39(24-29(4)5)60-48(71)36(19-21-41(55)65)57-50(73)38(23-28(2)3)59-46(69)35(54)25-33-15-17-34(64)18-16-33/h10-18,28-31,35-40,44-45,64H,9,19-27,54H2,1-8H3,(H2,55,65)(H,56,70)(H,57,73)(H,58,75)(H,59,69)(H,60,71)(H,61,74)(H,62,66)(H,63,72)(H,67,68)(H,76,77)/t31-,35-,36-,37-,38-,39-,40-,44-,45-/m0/s1. The monoisotopic (exact) mass is 1080 g/mol. The maximum absolute atomic E-state index is 14.3. The van der Waals surface area contributed by atoms with Gasteiger partial charge in [0.1, 0.15) is 48.0 Å². The van der Waals surface area contributed by atoms with Crippen LogP contribution in [0.1, 0.15) is 111 Å². The number of carbonyl (C=O) groups is 11. The number of carboxylic acid groups (broad SMARTS) is 2. The molecule has 2 aromatic carbocycles. The lowest BCUT2D eigenvalue weighted by molar-refractivity contribution is -0.144. The second kappa shape index (κ2) is 32.7. The van der Waals surface area contributed by atoms with E-state index in [9.17, 15) is 68.1 Å². The van der Waals surface area contributed by atoms with Crippen molar-refractivity contribution < 1.29 is 68.1 Å². The minimum absolute atomic E-state index is 0.0247. The summed E-state index contributed by atoms with van der Waals surface area (Å²) in [7, 11) is 0. The van der Waals surface area contributed by atoms with E-state index in [-0.39, 0.29) is 56.1 Å². The molecule has 15 N–H and O–H groups in total. The summed E-state index contributed by atoms with van der Waals surface area (Å²) in [5.41, 5.74) is 12.9. The minimum atomic E-state index is -1.50. The fourth-order valence-corrected chi connectivity index (χ4v) is 7.88. The number of nitrogens with two attached hydrogens (primary N) is 2. The van der Waals surface area contributed by atoms with Gasteiger partial charge >= 0.3 is 11.9 Å². The zero-order valence-electron chi connectivity index (χ0n) is 45.2. The first-order valence-electron chi connectivity index (χ1n) is 25.8. The highest BCUT2D eigenvalue weighted by atomic mass is 16.4. The van der Waals surface area contributed by atoms with Crippen molar-refractivity contribution in [1.29, 1.82) is 0 Å². The van der Waals surface area contributed by atoms with Crippen LogP contribution in [0.25, 0.3) is 0 Å². The molecule has 24 nitrogen and oxygen atoms in total. The number of rotatable bonds is 34. The quantitative estimate of drug-likeness (QED) is 0.0440. The van der Waals surface area contributed by atoms with E-state index in [2.05, 4.69) is 42.5 Å². The van der Waals surface area contributed by atoms with Gasteiger partial charge in [-0.2, -0.15) is 0 Å². The van der Waals surface area contributed by atoms with Crippen molar-refractivity contribution >= 4 is 65.1 Å². The molecular formula is C53H80N10O14. The second-order valence-corrected chi connectivity index (χ2v) is 20.4. The predicted molar refractivity (Wildman–Crippen MR) is 283 cm³/mol. The van der Waals surface area contributed by atoms with Gasteiger partial charge in [-0.3, -0.25) is 47.9 Å². The molecule has 0 saturated heterocycles. The molecule has 24 heteroatoms. The maximum Gasteiger partial charge on any atom is 0.326 e. The third kappa shape index (κ3) is 24.3. The zero-order valence-corrected chi connectivity index (χ0v) is 45.2. The van der Waals surface area contributed by atoms with Gasteiger partial charge in [0.25, 0.3) is 0 Å². The number of hydrogen-bond acceptors (Lipinski definition) is 13. The predicted octanol–water partition coefficient (Wildman–Crippen LogP) is 0.0237.